The molecule has 0 radical (unpaired) electrons. The summed E-state index contributed by atoms with van der Waals surface area (Å²) in [6.45, 7) is 0.200. The van der Waals surface area contributed by atoms with Crippen molar-refractivity contribution in [3.05, 3.63) is 97.9 Å². The van der Waals surface area contributed by atoms with Gasteiger partial charge in [-0.15, -0.1) is 0 Å². The van der Waals surface area contributed by atoms with E-state index in [0.717, 1.165) is 39.7 Å². The summed E-state index contributed by atoms with van der Waals surface area (Å²) in [4.78, 5) is 15.0. The molecule has 0 saturated heterocycles. The smallest absolute Gasteiger partial charge is 0.415 e. The molecule has 1 heterocycles. The van der Waals surface area contributed by atoms with Crippen LogP contribution in [0.4, 0.5) is 10.5 Å². The van der Waals surface area contributed by atoms with Crippen LogP contribution in [0.15, 0.2) is 71.2 Å². The van der Waals surface area contributed by atoms with Crippen LogP contribution in [0.2, 0.25) is 10.0 Å². The highest BCUT2D eigenvalue weighted by Crippen LogP contribution is 2.45. The molecule has 1 unspecified atom stereocenters. The SMILES string of the molecule is O=C(OCc1ccccc1)N1c2c(Br)cc(Cl)cc2CCC1c1ccccc1Cl. The summed E-state index contributed by atoms with van der Waals surface area (Å²) >= 11 is 16.3. The van der Waals surface area contributed by atoms with E-state index in [1.54, 1.807) is 11.0 Å². The van der Waals surface area contributed by atoms with E-state index >= 15 is 0 Å². The molecule has 0 aliphatic carbocycles. The molecule has 3 nitrogen and oxygen atoms in total. The average molecular weight is 491 g/mol. The van der Waals surface area contributed by atoms with Crippen molar-refractivity contribution in [2.75, 3.05) is 4.90 Å². The molecule has 1 amide bonds. The normalized spacial score (nSPS) is 15.7. The summed E-state index contributed by atoms with van der Waals surface area (Å²) in [5.41, 5.74) is 3.62. The standard InChI is InChI=1S/C23H18BrCl2NO2/c24-19-13-17(25)12-16-10-11-21(18-8-4-5-9-20(18)26)27(22(16)19)23(28)29-14-15-6-2-1-3-7-15/h1-9,12-13,21H,10-11,14H2. The van der Waals surface area contributed by atoms with E-state index in [4.69, 9.17) is 27.9 Å². The zero-order chi connectivity index (χ0) is 20.4. The Hall–Kier alpha value is -2.01. The van der Waals surface area contributed by atoms with Crippen molar-refractivity contribution in [1.82, 2.24) is 0 Å². The lowest BCUT2D eigenvalue weighted by molar-refractivity contribution is 0.143. The van der Waals surface area contributed by atoms with Crippen LogP contribution in [-0.2, 0) is 17.8 Å². The van der Waals surface area contributed by atoms with Crippen molar-refractivity contribution in [3.8, 4) is 0 Å². The van der Waals surface area contributed by atoms with Gasteiger partial charge in [0.05, 0.1) is 11.7 Å². The van der Waals surface area contributed by atoms with Gasteiger partial charge >= 0.3 is 6.09 Å². The fourth-order valence-corrected chi connectivity index (χ4v) is 5.03. The van der Waals surface area contributed by atoms with Crippen LogP contribution in [0, 0.1) is 0 Å². The summed E-state index contributed by atoms with van der Waals surface area (Å²) in [6, 6.07) is 20.7. The molecule has 1 aliphatic rings. The van der Waals surface area contributed by atoms with Gasteiger partial charge in [-0.2, -0.15) is 0 Å². The third-order valence-corrected chi connectivity index (χ3v) is 6.18. The lowest BCUT2D eigenvalue weighted by Gasteiger charge is -2.37. The molecule has 148 valence electrons. The van der Waals surface area contributed by atoms with E-state index in [1.807, 2.05) is 60.7 Å². The lowest BCUT2D eigenvalue weighted by Crippen LogP contribution is -2.39. The highest BCUT2D eigenvalue weighted by Gasteiger charge is 2.36. The Labute approximate surface area is 188 Å². The Balaban J connectivity index is 1.72. The molecular formula is C23H18BrCl2NO2. The number of aryl methyl sites for hydroxylation is 1. The van der Waals surface area contributed by atoms with Crippen LogP contribution >= 0.6 is 39.1 Å². The average Bonchev–Trinajstić information content (AvgIpc) is 2.72. The van der Waals surface area contributed by atoms with Crippen LogP contribution in [0.5, 0.6) is 0 Å². The number of rotatable bonds is 3. The maximum absolute atomic E-state index is 13.3. The molecule has 0 N–H and O–H groups in total. The number of carbonyl (C=O) groups excluding carboxylic acids is 1. The first-order chi connectivity index (χ1) is 14.0. The topological polar surface area (TPSA) is 29.5 Å². The highest BCUT2D eigenvalue weighted by molar-refractivity contribution is 9.10. The van der Waals surface area contributed by atoms with E-state index in [-0.39, 0.29) is 12.6 Å². The van der Waals surface area contributed by atoms with Gasteiger partial charge < -0.3 is 4.74 Å². The fraction of sp³-hybridized carbons (Fsp3) is 0.174. The molecule has 6 heteroatoms. The van der Waals surface area contributed by atoms with Crippen molar-refractivity contribution in [3.63, 3.8) is 0 Å². The van der Waals surface area contributed by atoms with E-state index in [9.17, 15) is 4.79 Å². The van der Waals surface area contributed by atoms with Gasteiger partial charge in [-0.05, 0) is 63.7 Å². The van der Waals surface area contributed by atoms with Gasteiger partial charge in [0.1, 0.15) is 6.61 Å². The molecule has 3 aromatic carbocycles. The summed E-state index contributed by atoms with van der Waals surface area (Å²) in [7, 11) is 0. The minimum Gasteiger partial charge on any atom is -0.444 e. The minimum absolute atomic E-state index is 0.200. The van der Waals surface area contributed by atoms with E-state index in [0.29, 0.717) is 10.0 Å². The van der Waals surface area contributed by atoms with E-state index < -0.39 is 6.09 Å². The van der Waals surface area contributed by atoms with Crippen LogP contribution in [0.3, 0.4) is 0 Å². The number of ether oxygens (including phenoxy) is 1. The number of carbonyl (C=O) groups is 1. The summed E-state index contributed by atoms with van der Waals surface area (Å²) in [5, 5.41) is 1.26. The number of amides is 1. The first-order valence-corrected chi connectivity index (χ1v) is 10.8. The number of anilines is 1. The number of hydrogen-bond acceptors (Lipinski definition) is 2. The number of fused-ring (bicyclic) bond motifs is 1. The van der Waals surface area contributed by atoms with E-state index in [1.165, 1.54) is 0 Å². The Morgan fingerprint density at radius 1 is 1.07 bits per heavy atom. The maximum Gasteiger partial charge on any atom is 0.415 e. The Morgan fingerprint density at radius 3 is 2.55 bits per heavy atom. The molecule has 1 atom stereocenters. The van der Waals surface area contributed by atoms with Gasteiger partial charge in [0.15, 0.2) is 0 Å². The van der Waals surface area contributed by atoms with Crippen LogP contribution < -0.4 is 4.90 Å². The number of benzene rings is 3. The molecule has 0 spiro atoms. The predicted octanol–water partition coefficient (Wildman–Crippen LogP) is 7.59. The lowest BCUT2D eigenvalue weighted by atomic mass is 9.91. The fourth-order valence-electron chi connectivity index (χ4n) is 3.70. The molecule has 0 fully saturated rings. The monoisotopic (exact) mass is 489 g/mol. The van der Waals surface area contributed by atoms with Crippen molar-refractivity contribution in [2.45, 2.75) is 25.5 Å². The number of hydrogen-bond donors (Lipinski definition) is 0. The van der Waals surface area contributed by atoms with Crippen LogP contribution in [-0.4, -0.2) is 6.09 Å². The largest absolute Gasteiger partial charge is 0.444 e. The molecule has 3 aromatic rings. The second-order valence-corrected chi connectivity index (χ2v) is 8.58. The summed E-state index contributed by atoms with van der Waals surface area (Å²) < 4.78 is 6.45. The van der Waals surface area contributed by atoms with Gasteiger partial charge in [-0.1, -0.05) is 71.7 Å². The third kappa shape index (κ3) is 4.30. The third-order valence-electron chi connectivity index (χ3n) is 5.01. The zero-order valence-electron chi connectivity index (χ0n) is 15.4. The van der Waals surface area contributed by atoms with Gasteiger partial charge in [0.2, 0.25) is 0 Å². The Bertz CT molecular complexity index is 1040. The van der Waals surface area contributed by atoms with Crippen molar-refractivity contribution in [2.24, 2.45) is 0 Å². The first-order valence-electron chi connectivity index (χ1n) is 9.27. The molecular weight excluding hydrogens is 473 g/mol. The Kier molecular flexibility index (Phi) is 6.14. The first kappa shape index (κ1) is 20.3. The maximum atomic E-state index is 13.3. The van der Waals surface area contributed by atoms with E-state index in [2.05, 4.69) is 15.9 Å². The van der Waals surface area contributed by atoms with Crippen molar-refractivity contribution in [1.29, 1.82) is 0 Å². The molecule has 4 rings (SSSR count). The van der Waals surface area contributed by atoms with Crippen molar-refractivity contribution < 1.29 is 9.53 Å². The second kappa shape index (κ2) is 8.78. The van der Waals surface area contributed by atoms with Gasteiger partial charge in [-0.25, -0.2) is 4.79 Å². The summed E-state index contributed by atoms with van der Waals surface area (Å²) in [6.07, 6.45) is 1.10. The van der Waals surface area contributed by atoms with Gasteiger partial charge in [0, 0.05) is 14.5 Å². The van der Waals surface area contributed by atoms with Crippen LogP contribution in [0.1, 0.15) is 29.2 Å². The molecule has 29 heavy (non-hydrogen) atoms. The van der Waals surface area contributed by atoms with Crippen LogP contribution in [0.25, 0.3) is 0 Å². The van der Waals surface area contributed by atoms with Crippen molar-refractivity contribution >= 4 is 50.9 Å². The molecule has 0 bridgehead atoms. The zero-order valence-corrected chi connectivity index (χ0v) is 18.5. The molecule has 0 saturated carbocycles. The number of halogens is 3. The quantitative estimate of drug-likeness (QED) is 0.378. The minimum atomic E-state index is -0.414. The Morgan fingerprint density at radius 2 is 1.79 bits per heavy atom. The number of nitrogens with zero attached hydrogens (tertiary/aromatic N) is 1. The predicted molar refractivity (Wildman–Crippen MR) is 121 cm³/mol. The van der Waals surface area contributed by atoms with Gasteiger partial charge in [0.25, 0.3) is 0 Å². The second-order valence-electron chi connectivity index (χ2n) is 6.88. The summed E-state index contributed by atoms with van der Waals surface area (Å²) in [5.74, 6) is 0. The molecule has 0 aromatic heterocycles. The molecule has 1 aliphatic heterocycles. The highest BCUT2D eigenvalue weighted by atomic mass is 79.9. The van der Waals surface area contributed by atoms with Gasteiger partial charge in [-0.3, -0.25) is 4.90 Å².